The molecular formula is C24H36N4OS. The summed E-state index contributed by atoms with van der Waals surface area (Å²) in [5.74, 6) is 0.463. The maximum Gasteiger partial charge on any atom is 0.317 e. The van der Waals surface area contributed by atoms with Gasteiger partial charge in [-0.15, -0.1) is 11.8 Å². The number of urea groups is 1. The van der Waals surface area contributed by atoms with E-state index >= 15 is 0 Å². The number of thioether (sulfide) groups is 1. The van der Waals surface area contributed by atoms with Crippen molar-refractivity contribution in [2.45, 2.75) is 69.9 Å². The molecule has 0 bridgehead atoms. The van der Waals surface area contributed by atoms with Gasteiger partial charge in [-0.3, -0.25) is 4.90 Å². The smallest absolute Gasteiger partial charge is 0.317 e. The van der Waals surface area contributed by atoms with Crippen LogP contribution in [0.25, 0.3) is 10.9 Å². The van der Waals surface area contributed by atoms with E-state index in [1.54, 1.807) is 0 Å². The minimum atomic E-state index is 0.0805. The van der Waals surface area contributed by atoms with Crippen LogP contribution in [0.4, 0.5) is 4.79 Å². The van der Waals surface area contributed by atoms with Gasteiger partial charge in [0, 0.05) is 59.1 Å². The highest BCUT2D eigenvalue weighted by molar-refractivity contribution is 7.98. The van der Waals surface area contributed by atoms with Crippen molar-refractivity contribution in [1.29, 1.82) is 0 Å². The number of likely N-dealkylation sites (tertiary alicyclic amines) is 1. The van der Waals surface area contributed by atoms with Crippen molar-refractivity contribution in [3.63, 3.8) is 0 Å². The number of nitrogens with one attached hydrogen (secondary N) is 2. The number of aryl methyl sites for hydroxylation is 1. The number of piperidine rings is 1. The largest absolute Gasteiger partial charge is 0.358 e. The zero-order valence-electron chi connectivity index (χ0n) is 19.0. The van der Waals surface area contributed by atoms with Crippen molar-refractivity contribution in [3.05, 3.63) is 29.0 Å². The second-order valence-electron chi connectivity index (χ2n) is 8.80. The fourth-order valence-electron chi connectivity index (χ4n) is 5.65. The van der Waals surface area contributed by atoms with Gasteiger partial charge in [-0.1, -0.05) is 6.92 Å². The number of fused-ring (bicyclic) bond motifs is 2. The van der Waals surface area contributed by atoms with Crippen LogP contribution < -0.4 is 5.32 Å². The molecule has 0 radical (unpaired) electrons. The predicted octanol–water partition coefficient (Wildman–Crippen LogP) is 4.74. The minimum Gasteiger partial charge on any atom is -0.358 e. The molecule has 0 unspecified atom stereocenters. The van der Waals surface area contributed by atoms with Crippen LogP contribution in [0.2, 0.25) is 0 Å². The third-order valence-electron chi connectivity index (χ3n) is 7.08. The van der Waals surface area contributed by atoms with E-state index in [-0.39, 0.29) is 12.1 Å². The number of H-pyrrole nitrogens is 1. The van der Waals surface area contributed by atoms with Gasteiger partial charge in [-0.25, -0.2) is 4.79 Å². The summed E-state index contributed by atoms with van der Waals surface area (Å²) in [7, 11) is 0. The van der Waals surface area contributed by atoms with Gasteiger partial charge in [0.1, 0.15) is 0 Å². The summed E-state index contributed by atoms with van der Waals surface area (Å²) in [6, 6.07) is 5.51. The van der Waals surface area contributed by atoms with Crippen LogP contribution in [0.1, 0.15) is 56.4 Å². The highest BCUT2D eigenvalue weighted by Crippen LogP contribution is 2.45. The Balaban J connectivity index is 1.71. The number of benzene rings is 1. The van der Waals surface area contributed by atoms with Gasteiger partial charge >= 0.3 is 6.03 Å². The van der Waals surface area contributed by atoms with Crippen LogP contribution in [0.15, 0.2) is 17.0 Å². The molecule has 3 atom stereocenters. The molecule has 4 rings (SSSR count). The molecule has 2 N–H and O–H groups in total. The molecule has 6 heteroatoms. The van der Waals surface area contributed by atoms with Gasteiger partial charge in [-0.05, 0) is 76.1 Å². The molecule has 2 aliphatic rings. The summed E-state index contributed by atoms with van der Waals surface area (Å²) < 4.78 is 0. The van der Waals surface area contributed by atoms with Crippen LogP contribution in [-0.2, 0) is 6.42 Å². The minimum absolute atomic E-state index is 0.0805. The Morgan fingerprint density at radius 1 is 1.30 bits per heavy atom. The number of hydrogen-bond donors (Lipinski definition) is 2. The standard InChI is InChI=1S/C24H36N4OS/c1-6-9-28-14-16(26-24(29)27(7-2)8-3)10-19-20-11-17(30-5)12-21-23(20)18(13-22(19)28)15(4)25-21/h11-12,16,19,22,25H,6-10,13-14H2,1-5H3,(H,26,29)/t16-,19+,22+/m0/s1. The maximum atomic E-state index is 12.8. The molecular weight excluding hydrogens is 392 g/mol. The van der Waals surface area contributed by atoms with Crippen LogP contribution >= 0.6 is 11.8 Å². The van der Waals surface area contributed by atoms with E-state index in [2.05, 4.69) is 47.4 Å². The van der Waals surface area contributed by atoms with Gasteiger partial charge in [0.25, 0.3) is 0 Å². The first-order valence-electron chi connectivity index (χ1n) is 11.5. The molecule has 1 aliphatic heterocycles. The zero-order valence-corrected chi connectivity index (χ0v) is 19.9. The molecule has 30 heavy (non-hydrogen) atoms. The van der Waals surface area contributed by atoms with Gasteiger partial charge in [0.2, 0.25) is 0 Å². The molecule has 1 saturated heterocycles. The van der Waals surface area contributed by atoms with E-state index in [0.717, 1.165) is 45.4 Å². The normalized spacial score (nSPS) is 23.4. The van der Waals surface area contributed by atoms with Crippen molar-refractivity contribution >= 4 is 28.7 Å². The van der Waals surface area contributed by atoms with Crippen LogP contribution in [-0.4, -0.2) is 65.3 Å². The van der Waals surface area contributed by atoms with E-state index in [4.69, 9.17) is 0 Å². The summed E-state index contributed by atoms with van der Waals surface area (Å²) >= 11 is 1.81. The highest BCUT2D eigenvalue weighted by atomic mass is 32.2. The molecule has 1 aromatic heterocycles. The van der Waals surface area contributed by atoms with E-state index in [9.17, 15) is 4.79 Å². The fraction of sp³-hybridized carbons (Fsp3) is 0.625. The number of rotatable bonds is 6. The lowest BCUT2D eigenvalue weighted by molar-refractivity contribution is 0.0978. The molecule has 0 saturated carbocycles. The number of carbonyl (C=O) groups is 1. The molecule has 2 heterocycles. The first-order chi connectivity index (χ1) is 14.5. The molecule has 1 aromatic carbocycles. The highest BCUT2D eigenvalue weighted by Gasteiger charge is 2.41. The molecule has 2 amide bonds. The summed E-state index contributed by atoms with van der Waals surface area (Å²) in [6.45, 7) is 12.1. The lowest BCUT2D eigenvalue weighted by Gasteiger charge is -2.47. The second kappa shape index (κ2) is 8.83. The van der Waals surface area contributed by atoms with E-state index < -0.39 is 0 Å². The maximum absolute atomic E-state index is 12.8. The molecule has 1 fully saturated rings. The van der Waals surface area contributed by atoms with Crippen LogP contribution in [0, 0.1) is 6.92 Å². The lowest BCUT2D eigenvalue weighted by Crippen LogP contribution is -2.57. The van der Waals surface area contributed by atoms with E-state index in [1.165, 1.54) is 32.6 Å². The van der Waals surface area contributed by atoms with Gasteiger partial charge in [0.15, 0.2) is 0 Å². The number of hydrogen-bond acceptors (Lipinski definition) is 3. The van der Waals surface area contributed by atoms with E-state index in [1.807, 2.05) is 30.5 Å². The average molecular weight is 429 g/mol. The first-order valence-corrected chi connectivity index (χ1v) is 12.7. The number of carbonyl (C=O) groups excluding carboxylic acids is 1. The van der Waals surface area contributed by atoms with Crippen molar-refractivity contribution in [3.8, 4) is 0 Å². The third-order valence-corrected chi connectivity index (χ3v) is 7.79. The Hall–Kier alpha value is -1.66. The van der Waals surface area contributed by atoms with Crippen molar-refractivity contribution in [2.24, 2.45) is 0 Å². The quantitative estimate of drug-likeness (QED) is 0.653. The fourth-order valence-corrected chi connectivity index (χ4v) is 6.13. The van der Waals surface area contributed by atoms with Crippen molar-refractivity contribution in [1.82, 2.24) is 20.1 Å². The lowest BCUT2D eigenvalue weighted by atomic mass is 9.73. The summed E-state index contributed by atoms with van der Waals surface area (Å²) in [5.41, 5.74) is 5.58. The Bertz CT molecular complexity index is 920. The van der Waals surface area contributed by atoms with Gasteiger partial charge in [-0.2, -0.15) is 0 Å². The topological polar surface area (TPSA) is 51.4 Å². The Labute approximate surface area is 185 Å². The molecule has 2 aromatic rings. The molecule has 164 valence electrons. The van der Waals surface area contributed by atoms with Crippen LogP contribution in [0.3, 0.4) is 0 Å². The third kappa shape index (κ3) is 3.73. The van der Waals surface area contributed by atoms with Crippen molar-refractivity contribution in [2.75, 3.05) is 32.4 Å². The zero-order chi connectivity index (χ0) is 21.4. The number of amides is 2. The Kier molecular flexibility index (Phi) is 6.35. The number of nitrogens with zero attached hydrogens (tertiary/aromatic N) is 2. The molecule has 1 aliphatic carbocycles. The monoisotopic (exact) mass is 428 g/mol. The average Bonchev–Trinajstić information content (AvgIpc) is 3.05. The Morgan fingerprint density at radius 2 is 2.07 bits per heavy atom. The summed E-state index contributed by atoms with van der Waals surface area (Å²) in [5, 5.41) is 4.81. The number of aromatic nitrogens is 1. The SMILES string of the molecule is CCCN1C[C@@H](NC(=O)N(CC)CC)C[C@@H]2c3cc(SC)cc4[nH]c(C)c(c34)C[C@H]21. The van der Waals surface area contributed by atoms with Crippen LogP contribution in [0.5, 0.6) is 0 Å². The summed E-state index contributed by atoms with van der Waals surface area (Å²) in [6.07, 6.45) is 5.43. The van der Waals surface area contributed by atoms with Gasteiger partial charge < -0.3 is 15.2 Å². The molecule has 5 nitrogen and oxygen atoms in total. The first kappa shape index (κ1) is 21.6. The molecule has 0 spiro atoms. The predicted molar refractivity (Wildman–Crippen MR) is 127 cm³/mol. The Morgan fingerprint density at radius 3 is 2.73 bits per heavy atom. The summed E-state index contributed by atoms with van der Waals surface area (Å²) in [4.78, 5) is 22.3. The second-order valence-corrected chi connectivity index (χ2v) is 9.67. The number of aromatic amines is 1. The van der Waals surface area contributed by atoms with Gasteiger partial charge in [0.05, 0.1) is 0 Å². The van der Waals surface area contributed by atoms with E-state index in [0.29, 0.717) is 12.0 Å². The van der Waals surface area contributed by atoms with Crippen molar-refractivity contribution < 1.29 is 4.79 Å².